The lowest BCUT2D eigenvalue weighted by molar-refractivity contribution is 0.465. The summed E-state index contributed by atoms with van der Waals surface area (Å²) in [6.07, 6.45) is 0. The second-order valence-electron chi connectivity index (χ2n) is 3.73. The fraction of sp³-hybridized carbons (Fsp3) is 0.0769. The number of hydrogen-bond acceptors (Lipinski definition) is 2. The van der Waals surface area contributed by atoms with Crippen molar-refractivity contribution in [3.63, 3.8) is 0 Å². The predicted molar refractivity (Wildman–Crippen MR) is 74.5 cm³/mol. The lowest BCUT2D eigenvalue weighted by Crippen LogP contribution is -2.01. The molecule has 0 saturated heterocycles. The molecular formula is C13H10BrClFNO. The van der Waals surface area contributed by atoms with Crippen molar-refractivity contribution >= 4 is 33.2 Å². The van der Waals surface area contributed by atoms with Crippen LogP contribution >= 0.6 is 27.5 Å². The summed E-state index contributed by atoms with van der Waals surface area (Å²) in [6.45, 7) is 0.323. The van der Waals surface area contributed by atoms with Gasteiger partial charge in [0.25, 0.3) is 0 Å². The summed E-state index contributed by atoms with van der Waals surface area (Å²) in [5.74, 6) is -0.267. The highest BCUT2D eigenvalue weighted by atomic mass is 79.9. The van der Waals surface area contributed by atoms with Gasteiger partial charge >= 0.3 is 0 Å². The Bertz CT molecular complexity index is 577. The highest BCUT2D eigenvalue weighted by Gasteiger charge is 2.06. The molecule has 0 radical (unpaired) electrons. The molecule has 2 aromatic rings. The van der Waals surface area contributed by atoms with Gasteiger partial charge in [0.1, 0.15) is 11.6 Å². The summed E-state index contributed by atoms with van der Waals surface area (Å²) >= 11 is 8.89. The standard InChI is InChI=1S/C13H10BrClFNO/c14-10-3-1-2-8(13(10)18)7-17-12-5-4-9(15)6-11(12)16/h1-6,17-18H,7H2. The molecule has 0 spiro atoms. The summed E-state index contributed by atoms with van der Waals surface area (Å²) in [4.78, 5) is 0. The molecule has 0 aliphatic heterocycles. The molecule has 0 bridgehead atoms. The van der Waals surface area contributed by atoms with E-state index in [-0.39, 0.29) is 5.75 Å². The predicted octanol–water partition coefficient (Wildman–Crippen LogP) is 4.56. The number of halogens is 3. The number of hydrogen-bond donors (Lipinski definition) is 2. The van der Waals surface area contributed by atoms with Crippen LogP contribution in [0.3, 0.4) is 0 Å². The van der Waals surface area contributed by atoms with Crippen LogP contribution in [0.2, 0.25) is 5.02 Å². The van der Waals surface area contributed by atoms with Crippen molar-refractivity contribution in [2.24, 2.45) is 0 Å². The van der Waals surface area contributed by atoms with E-state index >= 15 is 0 Å². The number of para-hydroxylation sites is 1. The first-order valence-electron chi connectivity index (χ1n) is 5.23. The van der Waals surface area contributed by atoms with E-state index in [9.17, 15) is 9.50 Å². The second kappa shape index (κ2) is 5.59. The number of rotatable bonds is 3. The van der Waals surface area contributed by atoms with E-state index in [0.717, 1.165) is 0 Å². The summed E-state index contributed by atoms with van der Waals surface area (Å²) in [7, 11) is 0. The Hall–Kier alpha value is -1.26. The summed E-state index contributed by atoms with van der Waals surface area (Å²) < 4.78 is 14.1. The van der Waals surface area contributed by atoms with Gasteiger partial charge in [0.05, 0.1) is 10.2 Å². The quantitative estimate of drug-likeness (QED) is 0.864. The van der Waals surface area contributed by atoms with Gasteiger partial charge in [0.2, 0.25) is 0 Å². The largest absolute Gasteiger partial charge is 0.506 e. The van der Waals surface area contributed by atoms with Crippen molar-refractivity contribution in [3.8, 4) is 5.75 Å². The third-order valence-corrected chi connectivity index (χ3v) is 3.35. The first-order valence-corrected chi connectivity index (χ1v) is 6.40. The minimum Gasteiger partial charge on any atom is -0.506 e. The zero-order valence-electron chi connectivity index (χ0n) is 9.25. The van der Waals surface area contributed by atoms with Gasteiger partial charge in [0, 0.05) is 17.1 Å². The van der Waals surface area contributed by atoms with Gasteiger partial charge in [-0.05, 0) is 40.2 Å². The van der Waals surface area contributed by atoms with Crippen LogP contribution < -0.4 is 5.32 Å². The van der Waals surface area contributed by atoms with Crippen LogP contribution in [-0.4, -0.2) is 5.11 Å². The van der Waals surface area contributed by atoms with Crippen LogP contribution in [0.15, 0.2) is 40.9 Å². The molecule has 5 heteroatoms. The first kappa shape index (κ1) is 13.2. The fourth-order valence-electron chi connectivity index (χ4n) is 1.53. The molecule has 0 aliphatic rings. The Kier molecular flexibility index (Phi) is 4.09. The maximum absolute atomic E-state index is 13.5. The molecule has 0 saturated carbocycles. The molecule has 0 aliphatic carbocycles. The van der Waals surface area contributed by atoms with Crippen molar-refractivity contribution in [3.05, 3.63) is 57.3 Å². The maximum Gasteiger partial charge on any atom is 0.147 e. The second-order valence-corrected chi connectivity index (χ2v) is 5.02. The molecule has 2 nitrogen and oxygen atoms in total. The minimum atomic E-state index is -0.419. The van der Waals surface area contributed by atoms with Crippen LogP contribution in [-0.2, 0) is 6.54 Å². The molecule has 0 heterocycles. The molecule has 2 aromatic carbocycles. The van der Waals surface area contributed by atoms with Crippen molar-refractivity contribution < 1.29 is 9.50 Å². The number of nitrogens with one attached hydrogen (secondary N) is 1. The Morgan fingerprint density at radius 2 is 2.06 bits per heavy atom. The Balaban J connectivity index is 2.14. The molecule has 0 amide bonds. The van der Waals surface area contributed by atoms with Gasteiger partial charge < -0.3 is 10.4 Å². The zero-order chi connectivity index (χ0) is 13.1. The highest BCUT2D eigenvalue weighted by molar-refractivity contribution is 9.10. The third-order valence-electron chi connectivity index (χ3n) is 2.47. The SMILES string of the molecule is Oc1c(Br)cccc1CNc1ccc(Cl)cc1F. The summed E-state index contributed by atoms with van der Waals surface area (Å²) in [5, 5.41) is 13.0. The van der Waals surface area contributed by atoms with E-state index in [1.54, 1.807) is 30.3 Å². The number of phenolic OH excluding ortho intramolecular Hbond substituents is 1. The van der Waals surface area contributed by atoms with E-state index < -0.39 is 5.82 Å². The van der Waals surface area contributed by atoms with Gasteiger partial charge in [-0.25, -0.2) is 4.39 Å². The maximum atomic E-state index is 13.5. The van der Waals surface area contributed by atoms with Crippen LogP contribution in [0, 0.1) is 5.82 Å². The van der Waals surface area contributed by atoms with Gasteiger partial charge in [-0.15, -0.1) is 0 Å². The van der Waals surface area contributed by atoms with Gasteiger partial charge in [-0.3, -0.25) is 0 Å². The van der Waals surface area contributed by atoms with E-state index in [1.165, 1.54) is 6.07 Å². The van der Waals surface area contributed by atoms with Crippen LogP contribution in [0.25, 0.3) is 0 Å². The number of phenols is 1. The van der Waals surface area contributed by atoms with Crippen molar-refractivity contribution in [1.29, 1.82) is 0 Å². The Morgan fingerprint density at radius 3 is 2.78 bits per heavy atom. The van der Waals surface area contributed by atoms with Gasteiger partial charge in [0.15, 0.2) is 0 Å². The fourth-order valence-corrected chi connectivity index (χ4v) is 2.09. The average Bonchev–Trinajstić information content (AvgIpc) is 2.33. The molecule has 0 atom stereocenters. The van der Waals surface area contributed by atoms with E-state index in [1.807, 2.05) is 0 Å². The van der Waals surface area contributed by atoms with Gasteiger partial charge in [-0.1, -0.05) is 23.7 Å². The van der Waals surface area contributed by atoms with Crippen molar-refractivity contribution in [2.75, 3.05) is 5.32 Å². The summed E-state index contributed by atoms with van der Waals surface area (Å²) in [5.41, 5.74) is 1.03. The monoisotopic (exact) mass is 329 g/mol. The van der Waals surface area contributed by atoms with Crippen molar-refractivity contribution in [1.82, 2.24) is 0 Å². The van der Waals surface area contributed by atoms with E-state index in [4.69, 9.17) is 11.6 Å². The molecule has 18 heavy (non-hydrogen) atoms. The van der Waals surface area contributed by atoms with E-state index in [0.29, 0.717) is 27.3 Å². The lowest BCUT2D eigenvalue weighted by Gasteiger charge is -2.10. The van der Waals surface area contributed by atoms with Crippen LogP contribution in [0.1, 0.15) is 5.56 Å². The minimum absolute atomic E-state index is 0.152. The molecular weight excluding hydrogens is 321 g/mol. The Morgan fingerprint density at radius 1 is 1.28 bits per heavy atom. The molecule has 0 aromatic heterocycles. The Labute approximate surface area is 118 Å². The van der Waals surface area contributed by atoms with Crippen LogP contribution in [0.5, 0.6) is 5.75 Å². The van der Waals surface area contributed by atoms with Crippen molar-refractivity contribution in [2.45, 2.75) is 6.54 Å². The number of anilines is 1. The zero-order valence-corrected chi connectivity index (χ0v) is 11.6. The summed E-state index contributed by atoms with van der Waals surface area (Å²) in [6, 6.07) is 9.72. The molecule has 0 unspecified atom stereocenters. The lowest BCUT2D eigenvalue weighted by atomic mass is 10.2. The van der Waals surface area contributed by atoms with Gasteiger partial charge in [-0.2, -0.15) is 0 Å². The first-order chi connectivity index (χ1) is 8.58. The average molecular weight is 331 g/mol. The third kappa shape index (κ3) is 2.94. The molecule has 2 N–H and O–H groups in total. The number of aromatic hydroxyl groups is 1. The normalized spacial score (nSPS) is 10.4. The molecule has 0 fully saturated rings. The molecule has 2 rings (SSSR count). The smallest absolute Gasteiger partial charge is 0.147 e. The van der Waals surface area contributed by atoms with Crippen LogP contribution in [0.4, 0.5) is 10.1 Å². The number of benzene rings is 2. The topological polar surface area (TPSA) is 32.3 Å². The highest BCUT2D eigenvalue weighted by Crippen LogP contribution is 2.28. The van der Waals surface area contributed by atoms with E-state index in [2.05, 4.69) is 21.2 Å². The molecule has 94 valence electrons.